The van der Waals surface area contributed by atoms with Crippen molar-refractivity contribution in [2.75, 3.05) is 0 Å². The van der Waals surface area contributed by atoms with Crippen molar-refractivity contribution in [1.82, 2.24) is 0 Å². The Hall–Kier alpha value is -0.700. The summed E-state index contributed by atoms with van der Waals surface area (Å²) in [5.41, 5.74) is 6.41. The number of hydrogen-bond donors (Lipinski definition) is 2. The highest BCUT2D eigenvalue weighted by atomic mass is 19.1. The first kappa shape index (κ1) is 14.4. The van der Waals surface area contributed by atoms with E-state index in [1.165, 1.54) is 0 Å². The normalized spacial score (nSPS) is 28.4. The summed E-state index contributed by atoms with van der Waals surface area (Å²) < 4.78 is 13.6. The second-order valence-corrected chi connectivity index (χ2v) is 5.34. The van der Waals surface area contributed by atoms with E-state index in [1.54, 1.807) is 6.08 Å². The van der Waals surface area contributed by atoms with E-state index in [2.05, 4.69) is 6.58 Å². The van der Waals surface area contributed by atoms with Gasteiger partial charge in [-0.15, -0.1) is 6.58 Å². The SMILES string of the molecule is C=CCC(F)C(C)C(=N)C[C@H]1CC[C@H](N)CC1. The molecule has 0 heterocycles. The van der Waals surface area contributed by atoms with Crippen LogP contribution in [0.5, 0.6) is 0 Å². The van der Waals surface area contributed by atoms with Crippen LogP contribution >= 0.6 is 0 Å². The van der Waals surface area contributed by atoms with Crippen molar-refractivity contribution >= 4 is 5.71 Å². The van der Waals surface area contributed by atoms with E-state index >= 15 is 0 Å². The summed E-state index contributed by atoms with van der Waals surface area (Å²) in [7, 11) is 0. The van der Waals surface area contributed by atoms with Crippen molar-refractivity contribution in [3.63, 3.8) is 0 Å². The Morgan fingerprint density at radius 3 is 2.59 bits per heavy atom. The molecule has 0 amide bonds. The van der Waals surface area contributed by atoms with Gasteiger partial charge in [0.05, 0.1) is 0 Å². The van der Waals surface area contributed by atoms with Crippen LogP contribution in [0.1, 0.15) is 45.4 Å². The minimum absolute atomic E-state index is 0.274. The van der Waals surface area contributed by atoms with Crippen LogP contribution in [0.4, 0.5) is 4.39 Å². The topological polar surface area (TPSA) is 49.9 Å². The van der Waals surface area contributed by atoms with E-state index in [9.17, 15) is 4.39 Å². The second kappa shape index (κ2) is 6.90. The molecule has 0 saturated heterocycles. The summed E-state index contributed by atoms with van der Waals surface area (Å²) in [5, 5.41) is 7.98. The van der Waals surface area contributed by atoms with Gasteiger partial charge in [-0.05, 0) is 44.4 Å². The lowest BCUT2D eigenvalue weighted by Crippen LogP contribution is -2.29. The van der Waals surface area contributed by atoms with Crippen LogP contribution in [0.3, 0.4) is 0 Å². The molecule has 2 unspecified atom stereocenters. The van der Waals surface area contributed by atoms with Crippen molar-refractivity contribution < 1.29 is 4.39 Å². The smallest absolute Gasteiger partial charge is 0.111 e. The third-order valence-electron chi connectivity index (χ3n) is 3.88. The first-order valence-electron chi connectivity index (χ1n) is 6.62. The molecule has 0 spiro atoms. The highest BCUT2D eigenvalue weighted by Crippen LogP contribution is 2.28. The molecule has 0 bridgehead atoms. The Bertz CT molecular complexity index is 257. The van der Waals surface area contributed by atoms with E-state index in [-0.39, 0.29) is 5.92 Å². The maximum absolute atomic E-state index is 13.6. The minimum Gasteiger partial charge on any atom is -0.328 e. The number of allylic oxidation sites excluding steroid dienone is 1. The van der Waals surface area contributed by atoms with Crippen molar-refractivity contribution in [2.45, 2.75) is 57.7 Å². The van der Waals surface area contributed by atoms with Gasteiger partial charge in [0.25, 0.3) is 0 Å². The van der Waals surface area contributed by atoms with Crippen LogP contribution in [0.15, 0.2) is 12.7 Å². The number of halogens is 1. The number of alkyl halides is 1. The molecule has 0 aromatic rings. The van der Waals surface area contributed by atoms with E-state index in [1.807, 2.05) is 6.92 Å². The third kappa shape index (κ3) is 4.58. The maximum atomic E-state index is 13.6. The molecule has 1 aliphatic carbocycles. The average molecular weight is 240 g/mol. The van der Waals surface area contributed by atoms with E-state index in [4.69, 9.17) is 11.1 Å². The van der Waals surface area contributed by atoms with Gasteiger partial charge in [-0.1, -0.05) is 13.0 Å². The molecule has 1 saturated carbocycles. The van der Waals surface area contributed by atoms with Gasteiger partial charge in [-0.3, -0.25) is 0 Å². The first-order valence-corrected chi connectivity index (χ1v) is 6.62. The largest absolute Gasteiger partial charge is 0.328 e. The van der Waals surface area contributed by atoms with Gasteiger partial charge in [0.15, 0.2) is 0 Å². The maximum Gasteiger partial charge on any atom is 0.111 e. The molecule has 1 rings (SSSR count). The van der Waals surface area contributed by atoms with Gasteiger partial charge in [0, 0.05) is 17.7 Å². The van der Waals surface area contributed by atoms with Crippen LogP contribution in [0, 0.1) is 17.2 Å². The fourth-order valence-electron chi connectivity index (χ4n) is 2.47. The van der Waals surface area contributed by atoms with Gasteiger partial charge in [0.2, 0.25) is 0 Å². The zero-order chi connectivity index (χ0) is 12.8. The van der Waals surface area contributed by atoms with Gasteiger partial charge >= 0.3 is 0 Å². The fourth-order valence-corrected chi connectivity index (χ4v) is 2.47. The molecule has 2 nitrogen and oxygen atoms in total. The van der Waals surface area contributed by atoms with Crippen LogP contribution in [0.25, 0.3) is 0 Å². The summed E-state index contributed by atoms with van der Waals surface area (Å²) in [6.45, 7) is 5.35. The van der Waals surface area contributed by atoms with Gasteiger partial charge < -0.3 is 11.1 Å². The van der Waals surface area contributed by atoms with Crippen molar-refractivity contribution in [2.24, 2.45) is 17.6 Å². The zero-order valence-corrected chi connectivity index (χ0v) is 10.8. The van der Waals surface area contributed by atoms with Crippen molar-refractivity contribution in [3.8, 4) is 0 Å². The molecule has 3 N–H and O–H groups in total. The fraction of sp³-hybridized carbons (Fsp3) is 0.786. The Morgan fingerprint density at radius 2 is 2.06 bits per heavy atom. The molecule has 0 aromatic carbocycles. The molecular formula is C14H25FN2. The summed E-state index contributed by atoms with van der Waals surface area (Å²) >= 11 is 0. The molecule has 98 valence electrons. The van der Waals surface area contributed by atoms with Crippen LogP contribution in [0.2, 0.25) is 0 Å². The van der Waals surface area contributed by atoms with Crippen molar-refractivity contribution in [1.29, 1.82) is 5.41 Å². The van der Waals surface area contributed by atoms with Crippen molar-refractivity contribution in [3.05, 3.63) is 12.7 Å². The predicted molar refractivity (Wildman–Crippen MR) is 71.2 cm³/mol. The lowest BCUT2D eigenvalue weighted by molar-refractivity contribution is 0.280. The number of rotatable bonds is 6. The monoisotopic (exact) mass is 240 g/mol. The Kier molecular flexibility index (Phi) is 5.83. The van der Waals surface area contributed by atoms with Crippen LogP contribution < -0.4 is 5.73 Å². The summed E-state index contributed by atoms with van der Waals surface area (Å²) in [4.78, 5) is 0. The molecule has 2 atom stereocenters. The Balaban J connectivity index is 2.35. The first-order chi connectivity index (χ1) is 8.04. The highest BCUT2D eigenvalue weighted by Gasteiger charge is 2.24. The van der Waals surface area contributed by atoms with E-state index in [0.717, 1.165) is 32.1 Å². The van der Waals surface area contributed by atoms with Crippen LogP contribution in [-0.4, -0.2) is 17.9 Å². The molecule has 0 aliphatic heterocycles. The minimum atomic E-state index is -0.953. The van der Waals surface area contributed by atoms with Gasteiger partial charge in [-0.2, -0.15) is 0 Å². The second-order valence-electron chi connectivity index (χ2n) is 5.34. The zero-order valence-electron chi connectivity index (χ0n) is 10.8. The molecule has 3 heteroatoms. The number of nitrogens with two attached hydrogens (primary N) is 1. The molecule has 1 aliphatic rings. The van der Waals surface area contributed by atoms with Crippen LogP contribution in [-0.2, 0) is 0 Å². The van der Waals surface area contributed by atoms with E-state index < -0.39 is 6.17 Å². The lowest BCUT2D eigenvalue weighted by Gasteiger charge is -2.27. The standard InChI is InChI=1S/C14H25FN2/c1-3-4-13(15)10(2)14(17)9-11-5-7-12(16)8-6-11/h3,10-13,17H,1,4-9,16H2,2H3/t10?,11-,12-,13?. The number of nitrogens with one attached hydrogen (secondary N) is 1. The molecular weight excluding hydrogens is 215 g/mol. The van der Waals surface area contributed by atoms with Gasteiger partial charge in [0.1, 0.15) is 6.17 Å². The van der Waals surface area contributed by atoms with E-state index in [0.29, 0.717) is 24.1 Å². The predicted octanol–water partition coefficient (Wildman–Crippen LogP) is 3.46. The molecule has 1 fully saturated rings. The molecule has 17 heavy (non-hydrogen) atoms. The summed E-state index contributed by atoms with van der Waals surface area (Å²) in [6, 6.07) is 0.340. The third-order valence-corrected chi connectivity index (χ3v) is 3.88. The Morgan fingerprint density at radius 1 is 1.47 bits per heavy atom. The molecule has 0 aromatic heterocycles. The number of hydrogen-bond acceptors (Lipinski definition) is 2. The average Bonchev–Trinajstić information content (AvgIpc) is 2.31. The lowest BCUT2D eigenvalue weighted by atomic mass is 9.81. The quantitative estimate of drug-likeness (QED) is 0.542. The van der Waals surface area contributed by atoms with Gasteiger partial charge in [-0.25, -0.2) is 4.39 Å². The highest BCUT2D eigenvalue weighted by molar-refractivity contribution is 5.84. The molecule has 0 radical (unpaired) electrons. The summed E-state index contributed by atoms with van der Waals surface area (Å²) in [5.74, 6) is 0.268. The summed E-state index contributed by atoms with van der Waals surface area (Å²) in [6.07, 6.45) is 6.02. The Labute approximate surface area is 104 Å².